The van der Waals surface area contributed by atoms with Crippen LogP contribution in [-0.4, -0.2) is 13.7 Å². The van der Waals surface area contributed by atoms with Gasteiger partial charge in [0.05, 0.1) is 12.6 Å². The Kier molecular flexibility index (Phi) is 3.44. The molecule has 0 saturated heterocycles. The van der Waals surface area contributed by atoms with Crippen molar-refractivity contribution in [1.82, 2.24) is 5.32 Å². The Labute approximate surface area is 95.0 Å². The molecule has 1 aromatic heterocycles. The lowest BCUT2D eigenvalue weighted by Crippen LogP contribution is -2.17. The summed E-state index contributed by atoms with van der Waals surface area (Å²) < 4.78 is 5.61. The van der Waals surface area contributed by atoms with E-state index in [2.05, 4.69) is 30.4 Å². The van der Waals surface area contributed by atoms with Gasteiger partial charge in [0.15, 0.2) is 0 Å². The highest BCUT2D eigenvalue weighted by molar-refractivity contribution is 7.12. The number of nitrogens with one attached hydrogen (secondary N) is 1. The van der Waals surface area contributed by atoms with Gasteiger partial charge in [-0.15, -0.1) is 11.3 Å². The van der Waals surface area contributed by atoms with E-state index >= 15 is 0 Å². The number of hydrogen-bond acceptors (Lipinski definition) is 3. The van der Waals surface area contributed by atoms with Crippen LogP contribution in [-0.2, 0) is 11.2 Å². The van der Waals surface area contributed by atoms with Crippen LogP contribution >= 0.6 is 11.3 Å². The standard InChI is InChI=1S/C12H17NOS/c1-3-9-6-7-11(15-9)12(13-2)10-5-4-8-14-10/h5-7,12-13H,3-4,8H2,1-2H3. The molecule has 1 N–H and O–H groups in total. The molecule has 1 aliphatic heterocycles. The second-order valence-corrected chi connectivity index (χ2v) is 4.82. The maximum atomic E-state index is 5.61. The van der Waals surface area contributed by atoms with Gasteiger partial charge in [-0.2, -0.15) is 0 Å². The van der Waals surface area contributed by atoms with Gasteiger partial charge in [-0.25, -0.2) is 0 Å². The van der Waals surface area contributed by atoms with Crippen molar-refractivity contribution < 1.29 is 4.74 Å². The second kappa shape index (κ2) is 4.81. The van der Waals surface area contributed by atoms with Crippen molar-refractivity contribution in [3.63, 3.8) is 0 Å². The molecule has 82 valence electrons. The van der Waals surface area contributed by atoms with E-state index in [1.807, 2.05) is 18.4 Å². The van der Waals surface area contributed by atoms with Crippen molar-refractivity contribution in [3.05, 3.63) is 33.7 Å². The molecule has 1 unspecified atom stereocenters. The predicted molar refractivity (Wildman–Crippen MR) is 64.1 cm³/mol. The summed E-state index contributed by atoms with van der Waals surface area (Å²) in [6, 6.07) is 4.66. The fourth-order valence-electron chi connectivity index (χ4n) is 1.80. The van der Waals surface area contributed by atoms with Gasteiger partial charge < -0.3 is 10.1 Å². The van der Waals surface area contributed by atoms with E-state index in [0.717, 1.165) is 25.2 Å². The van der Waals surface area contributed by atoms with E-state index in [-0.39, 0.29) is 6.04 Å². The Bertz CT molecular complexity index is 356. The Morgan fingerprint density at radius 1 is 1.53 bits per heavy atom. The predicted octanol–water partition coefficient (Wildman–Crippen LogP) is 2.88. The summed E-state index contributed by atoms with van der Waals surface area (Å²) in [4.78, 5) is 2.78. The minimum absolute atomic E-state index is 0.248. The van der Waals surface area contributed by atoms with Crippen LogP contribution in [0.1, 0.15) is 29.1 Å². The molecule has 3 heteroatoms. The zero-order valence-corrected chi connectivity index (χ0v) is 10.1. The second-order valence-electron chi connectivity index (χ2n) is 3.62. The normalized spacial score (nSPS) is 17.3. The van der Waals surface area contributed by atoms with Gasteiger partial charge in [0.1, 0.15) is 5.76 Å². The first-order valence-corrected chi connectivity index (χ1v) is 6.25. The molecular formula is C12H17NOS. The van der Waals surface area contributed by atoms with Crippen molar-refractivity contribution >= 4 is 11.3 Å². The van der Waals surface area contributed by atoms with Gasteiger partial charge in [-0.3, -0.25) is 0 Å². The van der Waals surface area contributed by atoms with Crippen LogP contribution in [0.5, 0.6) is 0 Å². The molecule has 2 rings (SSSR count). The molecule has 1 aliphatic rings. The number of hydrogen-bond donors (Lipinski definition) is 1. The molecule has 2 heterocycles. The minimum atomic E-state index is 0.248. The highest BCUT2D eigenvalue weighted by atomic mass is 32.1. The molecule has 2 nitrogen and oxygen atoms in total. The summed E-state index contributed by atoms with van der Waals surface area (Å²) in [5, 5.41) is 3.31. The zero-order valence-electron chi connectivity index (χ0n) is 9.25. The first-order chi connectivity index (χ1) is 7.35. The van der Waals surface area contributed by atoms with Gasteiger partial charge in [-0.05, 0) is 31.7 Å². The van der Waals surface area contributed by atoms with Crippen LogP contribution in [0.15, 0.2) is 24.0 Å². The molecule has 1 atom stereocenters. The van der Waals surface area contributed by atoms with E-state index in [9.17, 15) is 0 Å². The molecule has 0 radical (unpaired) electrons. The minimum Gasteiger partial charge on any atom is -0.496 e. The summed E-state index contributed by atoms with van der Waals surface area (Å²) >= 11 is 1.87. The Morgan fingerprint density at radius 2 is 2.40 bits per heavy atom. The lowest BCUT2D eigenvalue weighted by Gasteiger charge is -2.15. The van der Waals surface area contributed by atoms with E-state index in [4.69, 9.17) is 4.74 Å². The van der Waals surface area contributed by atoms with Crippen LogP contribution in [0.25, 0.3) is 0 Å². The maximum absolute atomic E-state index is 5.61. The van der Waals surface area contributed by atoms with Crippen molar-refractivity contribution in [2.45, 2.75) is 25.8 Å². The smallest absolute Gasteiger partial charge is 0.114 e. The molecule has 15 heavy (non-hydrogen) atoms. The molecule has 1 aromatic rings. The number of aryl methyl sites for hydroxylation is 1. The third-order valence-corrected chi connectivity index (χ3v) is 3.92. The fraction of sp³-hybridized carbons (Fsp3) is 0.500. The number of likely N-dealkylation sites (N-methyl/N-ethyl adjacent to an activating group) is 1. The van der Waals surface area contributed by atoms with Gasteiger partial charge in [-0.1, -0.05) is 6.92 Å². The van der Waals surface area contributed by atoms with E-state index < -0.39 is 0 Å². The molecule has 0 bridgehead atoms. The van der Waals surface area contributed by atoms with Crippen LogP contribution in [0.3, 0.4) is 0 Å². The fourth-order valence-corrected chi connectivity index (χ4v) is 2.87. The van der Waals surface area contributed by atoms with Crippen molar-refractivity contribution in [2.24, 2.45) is 0 Å². The Balaban J connectivity index is 2.18. The molecular weight excluding hydrogens is 206 g/mol. The van der Waals surface area contributed by atoms with Gasteiger partial charge in [0.25, 0.3) is 0 Å². The third-order valence-electron chi connectivity index (χ3n) is 2.62. The molecule has 0 aromatic carbocycles. The first-order valence-electron chi connectivity index (χ1n) is 5.44. The maximum Gasteiger partial charge on any atom is 0.114 e. The van der Waals surface area contributed by atoms with E-state index in [0.29, 0.717) is 0 Å². The lowest BCUT2D eigenvalue weighted by atomic mass is 10.2. The third kappa shape index (κ3) is 2.24. The number of rotatable bonds is 4. The summed E-state index contributed by atoms with van der Waals surface area (Å²) in [6.07, 6.45) is 4.34. The quantitative estimate of drug-likeness (QED) is 0.847. The van der Waals surface area contributed by atoms with E-state index in [1.165, 1.54) is 9.75 Å². The summed E-state index contributed by atoms with van der Waals surface area (Å²) in [6.45, 7) is 3.02. The SMILES string of the molecule is CCc1ccc(C(NC)C2=CCCO2)s1. The van der Waals surface area contributed by atoms with Crippen molar-refractivity contribution in [1.29, 1.82) is 0 Å². The highest BCUT2D eigenvalue weighted by Gasteiger charge is 2.20. The van der Waals surface area contributed by atoms with Crippen LogP contribution in [0, 0.1) is 0 Å². The zero-order chi connectivity index (χ0) is 10.7. The molecule has 0 aliphatic carbocycles. The van der Waals surface area contributed by atoms with Crippen LogP contribution in [0.2, 0.25) is 0 Å². The van der Waals surface area contributed by atoms with Gasteiger partial charge in [0.2, 0.25) is 0 Å². The first kappa shape index (κ1) is 10.7. The number of thiophene rings is 1. The molecule has 0 amide bonds. The van der Waals surface area contributed by atoms with Crippen molar-refractivity contribution in [2.75, 3.05) is 13.7 Å². The van der Waals surface area contributed by atoms with Crippen LogP contribution < -0.4 is 5.32 Å². The van der Waals surface area contributed by atoms with Gasteiger partial charge in [0, 0.05) is 16.2 Å². The van der Waals surface area contributed by atoms with Crippen molar-refractivity contribution in [3.8, 4) is 0 Å². The molecule has 0 spiro atoms. The largest absolute Gasteiger partial charge is 0.496 e. The van der Waals surface area contributed by atoms with E-state index in [1.54, 1.807) is 0 Å². The van der Waals surface area contributed by atoms with Crippen LogP contribution in [0.4, 0.5) is 0 Å². The monoisotopic (exact) mass is 223 g/mol. The highest BCUT2D eigenvalue weighted by Crippen LogP contribution is 2.31. The topological polar surface area (TPSA) is 21.3 Å². The van der Waals surface area contributed by atoms with Gasteiger partial charge >= 0.3 is 0 Å². The summed E-state index contributed by atoms with van der Waals surface area (Å²) in [5.74, 6) is 1.09. The Hall–Kier alpha value is -0.800. The average Bonchev–Trinajstić information content (AvgIpc) is 2.89. The summed E-state index contributed by atoms with van der Waals surface area (Å²) in [5.41, 5.74) is 0. The Morgan fingerprint density at radius 3 is 2.93 bits per heavy atom. The average molecular weight is 223 g/mol. The molecule has 0 fully saturated rings. The lowest BCUT2D eigenvalue weighted by molar-refractivity contribution is 0.219. The number of ether oxygens (including phenoxy) is 1. The molecule has 0 saturated carbocycles. The summed E-state index contributed by atoms with van der Waals surface area (Å²) in [7, 11) is 1.98.